The second-order valence-electron chi connectivity index (χ2n) is 8.59. The quantitative estimate of drug-likeness (QED) is 0.680. The molecule has 168 valence electrons. The number of hydrogen-bond donors (Lipinski definition) is 1. The van der Waals surface area contributed by atoms with E-state index in [9.17, 15) is 13.2 Å². The lowest BCUT2D eigenvalue weighted by atomic mass is 10.1. The summed E-state index contributed by atoms with van der Waals surface area (Å²) in [4.78, 5) is 15.1. The summed E-state index contributed by atoms with van der Waals surface area (Å²) >= 11 is 0. The average molecular weight is 444 g/mol. The van der Waals surface area contributed by atoms with E-state index < -0.39 is 10.0 Å². The van der Waals surface area contributed by atoms with E-state index in [0.717, 1.165) is 48.1 Å². The minimum Gasteiger partial charge on any atom is -0.350 e. The number of hydrogen-bond acceptors (Lipinski definition) is 4. The van der Waals surface area contributed by atoms with Crippen LogP contribution in [0.2, 0.25) is 0 Å². The van der Waals surface area contributed by atoms with E-state index in [1.54, 1.807) is 0 Å². The number of rotatable bonds is 8. The molecule has 1 amide bonds. The van der Waals surface area contributed by atoms with Crippen molar-refractivity contribution in [1.29, 1.82) is 0 Å². The van der Waals surface area contributed by atoms with Crippen molar-refractivity contribution in [2.45, 2.75) is 46.7 Å². The minimum absolute atomic E-state index is 0.239. The maximum absolute atomic E-state index is 12.6. The Kier molecular flexibility index (Phi) is 7.38. The van der Waals surface area contributed by atoms with Gasteiger partial charge in [0, 0.05) is 13.1 Å². The van der Waals surface area contributed by atoms with Crippen LogP contribution in [0.25, 0.3) is 0 Å². The van der Waals surface area contributed by atoms with Crippen LogP contribution in [0.1, 0.15) is 40.7 Å². The summed E-state index contributed by atoms with van der Waals surface area (Å²) in [6.45, 7) is 9.12. The summed E-state index contributed by atoms with van der Waals surface area (Å²) < 4.78 is 26.1. The molecule has 1 saturated heterocycles. The normalized spacial score (nSPS) is 14.6. The number of nitrogens with one attached hydrogen (secondary N) is 1. The number of amides is 1. The number of anilines is 1. The van der Waals surface area contributed by atoms with Crippen molar-refractivity contribution in [2.75, 3.05) is 30.2 Å². The maximum atomic E-state index is 12.6. The predicted molar refractivity (Wildman–Crippen MR) is 126 cm³/mol. The van der Waals surface area contributed by atoms with Crippen LogP contribution in [0.4, 0.5) is 5.69 Å². The summed E-state index contributed by atoms with van der Waals surface area (Å²) in [5.41, 5.74) is 5.57. The molecule has 0 aliphatic carbocycles. The first-order chi connectivity index (χ1) is 14.6. The molecule has 1 N–H and O–H groups in total. The van der Waals surface area contributed by atoms with Gasteiger partial charge < -0.3 is 5.32 Å². The predicted octanol–water partition coefficient (Wildman–Crippen LogP) is 3.29. The van der Waals surface area contributed by atoms with Gasteiger partial charge in [-0.25, -0.2) is 8.42 Å². The lowest BCUT2D eigenvalue weighted by molar-refractivity contribution is -0.119. The lowest BCUT2D eigenvalue weighted by Gasteiger charge is -2.26. The highest BCUT2D eigenvalue weighted by Crippen LogP contribution is 2.28. The van der Waals surface area contributed by atoms with Gasteiger partial charge in [0.15, 0.2) is 0 Å². The van der Waals surface area contributed by atoms with E-state index in [4.69, 9.17) is 0 Å². The Bertz CT molecular complexity index is 1000. The highest BCUT2D eigenvalue weighted by Gasteiger charge is 2.24. The molecule has 0 spiro atoms. The number of benzene rings is 2. The molecule has 0 saturated carbocycles. The summed E-state index contributed by atoms with van der Waals surface area (Å²) in [5, 5.41) is 2.86. The van der Waals surface area contributed by atoms with Crippen LogP contribution in [0.5, 0.6) is 0 Å². The molecular weight excluding hydrogens is 410 g/mol. The maximum Gasteiger partial charge on any atom is 0.241 e. The van der Waals surface area contributed by atoms with Crippen LogP contribution in [0.15, 0.2) is 36.4 Å². The fourth-order valence-electron chi connectivity index (χ4n) is 4.28. The summed E-state index contributed by atoms with van der Waals surface area (Å²) in [6.07, 6.45) is 3.69. The van der Waals surface area contributed by atoms with Gasteiger partial charge in [0.1, 0.15) is 6.54 Å². The van der Waals surface area contributed by atoms with E-state index in [1.165, 1.54) is 22.7 Å². The van der Waals surface area contributed by atoms with Crippen LogP contribution in [-0.2, 0) is 27.9 Å². The van der Waals surface area contributed by atoms with Crippen molar-refractivity contribution in [2.24, 2.45) is 0 Å². The number of likely N-dealkylation sites (tertiary alicyclic amines) is 1. The van der Waals surface area contributed by atoms with Gasteiger partial charge in [-0.3, -0.25) is 14.0 Å². The fraction of sp³-hybridized carbons (Fsp3) is 0.458. The molecule has 7 heteroatoms. The van der Waals surface area contributed by atoms with E-state index in [2.05, 4.69) is 22.3 Å². The van der Waals surface area contributed by atoms with Gasteiger partial charge in [-0.2, -0.15) is 0 Å². The van der Waals surface area contributed by atoms with Crippen LogP contribution >= 0.6 is 0 Å². The van der Waals surface area contributed by atoms with Crippen LogP contribution < -0.4 is 9.62 Å². The summed E-state index contributed by atoms with van der Waals surface area (Å²) in [7, 11) is -3.60. The Morgan fingerprint density at radius 1 is 1.00 bits per heavy atom. The van der Waals surface area contributed by atoms with Crippen molar-refractivity contribution < 1.29 is 13.2 Å². The first-order valence-corrected chi connectivity index (χ1v) is 12.6. The van der Waals surface area contributed by atoms with E-state index >= 15 is 0 Å². The standard InChI is InChI=1S/C24H33N3O3S/c1-18-13-19(2)24(20(3)14-18)27(31(4,29)30)17-23(28)25-15-21-7-9-22(10-8-21)16-26-11-5-6-12-26/h7-10,13-14H,5-6,11-12,15-17H2,1-4H3,(H,25,28). The van der Waals surface area contributed by atoms with Crippen molar-refractivity contribution in [3.8, 4) is 0 Å². The molecule has 0 radical (unpaired) electrons. The average Bonchev–Trinajstić information content (AvgIpc) is 3.18. The first-order valence-electron chi connectivity index (χ1n) is 10.8. The molecule has 6 nitrogen and oxygen atoms in total. The number of carbonyl (C=O) groups excluding carboxylic acids is 1. The molecule has 0 bridgehead atoms. The van der Waals surface area contributed by atoms with Gasteiger partial charge in [-0.15, -0.1) is 0 Å². The lowest BCUT2D eigenvalue weighted by Crippen LogP contribution is -2.40. The molecule has 1 aliphatic heterocycles. The second kappa shape index (κ2) is 9.83. The SMILES string of the molecule is Cc1cc(C)c(N(CC(=O)NCc2ccc(CN3CCCC3)cc2)S(C)(=O)=O)c(C)c1. The van der Waals surface area contributed by atoms with Crippen molar-refractivity contribution in [1.82, 2.24) is 10.2 Å². The zero-order valence-corrected chi connectivity index (χ0v) is 19.8. The first kappa shape index (κ1) is 23.3. The van der Waals surface area contributed by atoms with E-state index in [-0.39, 0.29) is 12.5 Å². The van der Waals surface area contributed by atoms with Crippen molar-refractivity contribution in [3.63, 3.8) is 0 Å². The Hall–Kier alpha value is -2.38. The number of aryl methyl sites for hydroxylation is 3. The Labute approximate surface area is 186 Å². The third-order valence-electron chi connectivity index (χ3n) is 5.69. The van der Waals surface area contributed by atoms with Crippen LogP contribution in [0, 0.1) is 20.8 Å². The van der Waals surface area contributed by atoms with Gasteiger partial charge >= 0.3 is 0 Å². The zero-order valence-electron chi connectivity index (χ0n) is 18.9. The van der Waals surface area contributed by atoms with Crippen LogP contribution in [-0.4, -0.2) is 45.1 Å². The molecule has 0 atom stereocenters. The zero-order chi connectivity index (χ0) is 22.6. The minimum atomic E-state index is -3.60. The molecule has 2 aromatic carbocycles. The number of sulfonamides is 1. The molecule has 0 unspecified atom stereocenters. The molecule has 31 heavy (non-hydrogen) atoms. The Morgan fingerprint density at radius 3 is 2.10 bits per heavy atom. The Balaban J connectivity index is 1.63. The molecule has 1 fully saturated rings. The van der Waals surface area contributed by atoms with Gasteiger partial charge in [0.2, 0.25) is 15.9 Å². The molecule has 1 aliphatic rings. The van der Waals surface area contributed by atoms with E-state index in [0.29, 0.717) is 12.2 Å². The van der Waals surface area contributed by atoms with Gasteiger partial charge in [0.05, 0.1) is 11.9 Å². The fourth-order valence-corrected chi connectivity index (χ4v) is 5.25. The second-order valence-corrected chi connectivity index (χ2v) is 10.5. The highest BCUT2D eigenvalue weighted by atomic mass is 32.2. The molecular formula is C24H33N3O3S. The van der Waals surface area contributed by atoms with Crippen LogP contribution in [0.3, 0.4) is 0 Å². The molecule has 0 aromatic heterocycles. The topological polar surface area (TPSA) is 69.7 Å². The monoisotopic (exact) mass is 443 g/mol. The van der Waals surface area contributed by atoms with Gasteiger partial charge in [-0.1, -0.05) is 42.0 Å². The highest BCUT2D eigenvalue weighted by molar-refractivity contribution is 7.92. The van der Waals surface area contributed by atoms with Crippen molar-refractivity contribution in [3.05, 3.63) is 64.2 Å². The smallest absolute Gasteiger partial charge is 0.241 e. The third-order valence-corrected chi connectivity index (χ3v) is 6.80. The van der Waals surface area contributed by atoms with E-state index in [1.807, 2.05) is 45.0 Å². The largest absolute Gasteiger partial charge is 0.350 e. The number of nitrogens with zero attached hydrogens (tertiary/aromatic N) is 2. The molecule has 1 heterocycles. The summed E-state index contributed by atoms with van der Waals surface area (Å²) in [6, 6.07) is 12.1. The van der Waals surface area contributed by atoms with Gasteiger partial charge in [-0.05, 0) is 69.0 Å². The Morgan fingerprint density at radius 2 is 1.55 bits per heavy atom. The molecule has 3 rings (SSSR count). The van der Waals surface area contributed by atoms with Gasteiger partial charge in [0.25, 0.3) is 0 Å². The molecule has 2 aromatic rings. The third kappa shape index (κ3) is 6.31. The summed E-state index contributed by atoms with van der Waals surface area (Å²) in [5.74, 6) is -0.328. The van der Waals surface area contributed by atoms with Crippen molar-refractivity contribution >= 4 is 21.6 Å². The number of carbonyl (C=O) groups is 1.